The minimum Gasteiger partial charge on any atom is -0.245 e. The van der Waals surface area contributed by atoms with E-state index < -0.39 is 0 Å². The zero-order chi connectivity index (χ0) is 22.2. The Morgan fingerprint density at radius 2 is 1.69 bits per heavy atom. The van der Waals surface area contributed by atoms with E-state index in [-0.39, 0.29) is 0 Å². The number of rotatable bonds is 9. The largest absolute Gasteiger partial charge is 0.245 e. The summed E-state index contributed by atoms with van der Waals surface area (Å²) in [6, 6.07) is 16.8. The number of hydrogen-bond donors (Lipinski definition) is 1. The summed E-state index contributed by atoms with van der Waals surface area (Å²) in [6.45, 7) is 0.650. The van der Waals surface area contributed by atoms with Gasteiger partial charge in [-0.3, -0.25) is 0 Å². The van der Waals surface area contributed by atoms with Crippen LogP contribution in [0.4, 0.5) is 0 Å². The predicted octanol–water partition coefficient (Wildman–Crippen LogP) is 3.23. The smallest absolute Gasteiger partial charge is 0.179 e. The van der Waals surface area contributed by atoms with Crippen LogP contribution in [0, 0.1) is 24.7 Å². The number of terminal acetylenes is 2. The molecule has 0 spiro atoms. The first-order valence-corrected chi connectivity index (χ1v) is 10.5. The Morgan fingerprint density at radius 3 is 2.44 bits per heavy atom. The summed E-state index contributed by atoms with van der Waals surface area (Å²) in [4.78, 5) is 4.63. The highest BCUT2D eigenvalue weighted by molar-refractivity contribution is 5.55. The molecule has 2 aromatic heterocycles. The van der Waals surface area contributed by atoms with Crippen LogP contribution in [0.25, 0.3) is 11.4 Å². The van der Waals surface area contributed by atoms with E-state index in [1.165, 1.54) is 11.1 Å². The molecule has 0 saturated carbocycles. The van der Waals surface area contributed by atoms with Crippen LogP contribution in [0.5, 0.6) is 0 Å². The van der Waals surface area contributed by atoms with Crippen LogP contribution in [0.1, 0.15) is 41.2 Å². The summed E-state index contributed by atoms with van der Waals surface area (Å²) in [7, 11) is 0. The number of H-pyrrole nitrogens is 1. The fraction of sp³-hybridized carbons (Fsp3) is 0.240. The minimum atomic E-state index is 0.626. The Hall–Kier alpha value is -4.23. The topological polar surface area (TPSA) is 85.2 Å². The number of nitrogens with one attached hydrogen (secondary N) is 1. The van der Waals surface area contributed by atoms with Gasteiger partial charge < -0.3 is 0 Å². The summed E-state index contributed by atoms with van der Waals surface area (Å²) in [5.41, 5.74) is 4.54. The van der Waals surface area contributed by atoms with E-state index in [2.05, 4.69) is 78.9 Å². The van der Waals surface area contributed by atoms with Crippen molar-refractivity contribution < 1.29 is 0 Å². The average molecular weight is 422 g/mol. The quantitative estimate of drug-likeness (QED) is 0.420. The van der Waals surface area contributed by atoms with Crippen molar-refractivity contribution in [3.05, 3.63) is 76.9 Å². The van der Waals surface area contributed by atoms with E-state index >= 15 is 0 Å². The third-order valence-electron chi connectivity index (χ3n) is 5.09. The van der Waals surface area contributed by atoms with Gasteiger partial charge in [0, 0.05) is 31.2 Å². The van der Waals surface area contributed by atoms with E-state index in [0.717, 1.165) is 29.2 Å². The SMILES string of the molecule is C#CCCc1nc(CCC#C)n(Cc2ccc(Cc3cccc(-c4nnn[nH]4)c3)cc2)n1. The number of aromatic amines is 1. The van der Waals surface area contributed by atoms with E-state index in [1.807, 2.05) is 16.8 Å². The number of tetrazole rings is 1. The highest BCUT2D eigenvalue weighted by atomic mass is 15.5. The van der Waals surface area contributed by atoms with Crippen LogP contribution >= 0.6 is 0 Å². The van der Waals surface area contributed by atoms with Crippen molar-refractivity contribution in [2.75, 3.05) is 0 Å². The van der Waals surface area contributed by atoms with Crippen LogP contribution in [0.3, 0.4) is 0 Å². The standard InChI is InChI=1S/C25H23N7/c1-3-5-10-23-26-24(11-6-4-2)32(29-23)18-20-14-12-19(13-15-20)16-21-8-7-9-22(17-21)25-27-30-31-28-25/h1-2,7-9,12-15,17H,5-6,10-11,16,18H2,(H,27,28,30,31). The van der Waals surface area contributed by atoms with Gasteiger partial charge in [0.15, 0.2) is 11.6 Å². The van der Waals surface area contributed by atoms with Crippen molar-refractivity contribution in [3.8, 4) is 36.1 Å². The third kappa shape index (κ3) is 5.27. The third-order valence-corrected chi connectivity index (χ3v) is 5.09. The average Bonchev–Trinajstić information content (AvgIpc) is 3.48. The Balaban J connectivity index is 1.45. The molecule has 0 bridgehead atoms. The molecule has 0 aliphatic heterocycles. The van der Waals surface area contributed by atoms with Gasteiger partial charge in [0.1, 0.15) is 5.82 Å². The number of aryl methyl sites for hydroxylation is 2. The summed E-state index contributed by atoms with van der Waals surface area (Å²) in [5, 5.41) is 18.7. The summed E-state index contributed by atoms with van der Waals surface area (Å²) < 4.78 is 1.94. The zero-order valence-electron chi connectivity index (χ0n) is 17.7. The van der Waals surface area contributed by atoms with Crippen LogP contribution in [-0.2, 0) is 25.8 Å². The molecule has 7 nitrogen and oxygen atoms in total. The Labute approximate surface area is 187 Å². The molecule has 0 atom stereocenters. The van der Waals surface area contributed by atoms with E-state index in [9.17, 15) is 0 Å². The number of aromatic nitrogens is 7. The number of benzene rings is 2. The normalized spacial score (nSPS) is 10.6. The Kier molecular flexibility index (Phi) is 6.69. The van der Waals surface area contributed by atoms with Gasteiger partial charge in [0.2, 0.25) is 0 Å². The second kappa shape index (κ2) is 10.2. The molecule has 2 heterocycles. The predicted molar refractivity (Wildman–Crippen MR) is 122 cm³/mol. The maximum absolute atomic E-state index is 5.44. The fourth-order valence-electron chi connectivity index (χ4n) is 3.49. The lowest BCUT2D eigenvalue weighted by Crippen LogP contribution is -2.07. The lowest BCUT2D eigenvalue weighted by atomic mass is 10.0. The van der Waals surface area contributed by atoms with Crippen molar-refractivity contribution >= 4 is 0 Å². The maximum Gasteiger partial charge on any atom is 0.179 e. The van der Waals surface area contributed by atoms with Gasteiger partial charge in [-0.1, -0.05) is 42.5 Å². The molecular formula is C25H23N7. The number of nitrogens with zero attached hydrogens (tertiary/aromatic N) is 6. The second-order valence-electron chi connectivity index (χ2n) is 7.45. The molecule has 4 aromatic rings. The van der Waals surface area contributed by atoms with Gasteiger partial charge in [0.05, 0.1) is 6.54 Å². The molecule has 32 heavy (non-hydrogen) atoms. The summed E-state index contributed by atoms with van der Waals surface area (Å²) >= 11 is 0. The highest BCUT2D eigenvalue weighted by Gasteiger charge is 2.10. The molecule has 1 N–H and O–H groups in total. The molecule has 0 unspecified atom stereocenters. The zero-order valence-corrected chi connectivity index (χ0v) is 17.7. The Bertz CT molecular complexity index is 1240. The van der Waals surface area contributed by atoms with E-state index in [0.29, 0.717) is 38.1 Å². The molecule has 0 amide bonds. The lowest BCUT2D eigenvalue weighted by molar-refractivity contribution is 0.630. The molecule has 7 heteroatoms. The van der Waals surface area contributed by atoms with Gasteiger partial charge in [-0.05, 0) is 39.6 Å². The minimum absolute atomic E-state index is 0.626. The number of hydrogen-bond acceptors (Lipinski definition) is 5. The van der Waals surface area contributed by atoms with Crippen molar-refractivity contribution in [1.82, 2.24) is 35.4 Å². The first kappa shape index (κ1) is 21.0. The molecule has 4 rings (SSSR count). The summed E-state index contributed by atoms with van der Waals surface area (Å²) in [6.07, 6.45) is 14.3. The Morgan fingerprint density at radius 1 is 0.906 bits per heavy atom. The van der Waals surface area contributed by atoms with Crippen molar-refractivity contribution in [3.63, 3.8) is 0 Å². The molecule has 158 valence electrons. The van der Waals surface area contributed by atoms with E-state index in [1.54, 1.807) is 0 Å². The van der Waals surface area contributed by atoms with Crippen molar-refractivity contribution in [1.29, 1.82) is 0 Å². The van der Waals surface area contributed by atoms with Gasteiger partial charge in [-0.25, -0.2) is 14.8 Å². The van der Waals surface area contributed by atoms with Crippen molar-refractivity contribution in [2.24, 2.45) is 0 Å². The molecule has 0 fully saturated rings. The molecule has 0 aliphatic carbocycles. The molecule has 2 aromatic carbocycles. The lowest BCUT2D eigenvalue weighted by Gasteiger charge is -2.08. The molecule has 0 saturated heterocycles. The molecule has 0 aliphatic rings. The van der Waals surface area contributed by atoms with Crippen LogP contribution < -0.4 is 0 Å². The van der Waals surface area contributed by atoms with Gasteiger partial charge in [-0.2, -0.15) is 5.10 Å². The highest BCUT2D eigenvalue weighted by Crippen LogP contribution is 2.18. The van der Waals surface area contributed by atoms with Crippen LogP contribution in [0.15, 0.2) is 48.5 Å². The van der Waals surface area contributed by atoms with Crippen LogP contribution in [-0.4, -0.2) is 35.4 Å². The monoisotopic (exact) mass is 421 g/mol. The van der Waals surface area contributed by atoms with Crippen LogP contribution in [0.2, 0.25) is 0 Å². The van der Waals surface area contributed by atoms with Gasteiger partial charge in [-0.15, -0.1) is 29.8 Å². The second-order valence-corrected chi connectivity index (χ2v) is 7.45. The fourth-order valence-corrected chi connectivity index (χ4v) is 3.49. The van der Waals surface area contributed by atoms with Gasteiger partial charge >= 0.3 is 0 Å². The molecular weight excluding hydrogens is 398 g/mol. The molecule has 0 radical (unpaired) electrons. The van der Waals surface area contributed by atoms with E-state index in [4.69, 9.17) is 12.8 Å². The van der Waals surface area contributed by atoms with Crippen molar-refractivity contribution in [2.45, 2.75) is 38.6 Å². The summed E-state index contributed by atoms with van der Waals surface area (Å²) in [5.74, 6) is 7.66. The first-order valence-electron chi connectivity index (χ1n) is 10.5. The van der Waals surface area contributed by atoms with Gasteiger partial charge in [0.25, 0.3) is 0 Å². The maximum atomic E-state index is 5.44. The first-order chi connectivity index (χ1) is 15.7.